The lowest BCUT2D eigenvalue weighted by molar-refractivity contribution is -0.116. The molecule has 0 heterocycles. The van der Waals surface area contributed by atoms with Crippen LogP contribution in [0.5, 0.6) is 0 Å². The van der Waals surface area contributed by atoms with Crippen LogP contribution in [0.3, 0.4) is 0 Å². The van der Waals surface area contributed by atoms with Crippen molar-refractivity contribution < 1.29 is 4.79 Å². The Morgan fingerprint density at radius 1 is 1.11 bits per heavy atom. The van der Waals surface area contributed by atoms with E-state index in [0.29, 0.717) is 17.1 Å². The maximum absolute atomic E-state index is 12.0. The van der Waals surface area contributed by atoms with Gasteiger partial charge in [-0.25, -0.2) is 0 Å². The normalized spacial score (nSPS) is 11.9. The molecule has 0 spiro atoms. The molecule has 2 aromatic rings. The number of amides is 1. The number of anilines is 1. The maximum atomic E-state index is 12.0. The van der Waals surface area contributed by atoms with Gasteiger partial charge < -0.3 is 5.32 Å². The van der Waals surface area contributed by atoms with E-state index in [1.54, 1.807) is 12.1 Å². The van der Waals surface area contributed by atoms with Gasteiger partial charge in [-0.15, -0.1) is 0 Å². The first kappa shape index (κ1) is 13.6. The van der Waals surface area contributed by atoms with Crippen molar-refractivity contribution in [3.05, 3.63) is 65.2 Å². The third-order valence-electron chi connectivity index (χ3n) is 3.01. The molecule has 2 nitrogen and oxygen atoms in total. The van der Waals surface area contributed by atoms with Crippen molar-refractivity contribution in [2.45, 2.75) is 19.3 Å². The van der Waals surface area contributed by atoms with E-state index in [1.165, 1.54) is 0 Å². The predicted octanol–water partition coefficient (Wildman–Crippen LogP) is 4.47. The topological polar surface area (TPSA) is 29.1 Å². The second-order valence-corrected chi connectivity index (χ2v) is 4.95. The summed E-state index contributed by atoms with van der Waals surface area (Å²) in [4.78, 5) is 12.0. The van der Waals surface area contributed by atoms with Gasteiger partial charge in [0, 0.05) is 6.42 Å². The van der Waals surface area contributed by atoms with Gasteiger partial charge in [0.15, 0.2) is 0 Å². The highest BCUT2D eigenvalue weighted by molar-refractivity contribution is 6.33. The van der Waals surface area contributed by atoms with E-state index < -0.39 is 0 Å². The van der Waals surface area contributed by atoms with Crippen LogP contribution in [0.2, 0.25) is 5.02 Å². The number of hydrogen-bond donors (Lipinski definition) is 1. The van der Waals surface area contributed by atoms with Crippen molar-refractivity contribution in [1.82, 2.24) is 0 Å². The molecule has 0 radical (unpaired) electrons. The molecule has 0 aliphatic heterocycles. The molecule has 1 amide bonds. The number of nitrogens with one attached hydrogen (secondary N) is 1. The van der Waals surface area contributed by atoms with Crippen LogP contribution >= 0.6 is 11.6 Å². The highest BCUT2D eigenvalue weighted by Gasteiger charge is 2.12. The average molecular weight is 274 g/mol. The molecule has 19 heavy (non-hydrogen) atoms. The van der Waals surface area contributed by atoms with Crippen LogP contribution in [0.1, 0.15) is 24.8 Å². The summed E-state index contributed by atoms with van der Waals surface area (Å²) < 4.78 is 0. The summed E-state index contributed by atoms with van der Waals surface area (Å²) in [6, 6.07) is 17.3. The fourth-order valence-corrected chi connectivity index (χ4v) is 2.12. The summed E-state index contributed by atoms with van der Waals surface area (Å²) in [5.41, 5.74) is 1.83. The second kappa shape index (κ2) is 6.39. The molecular formula is C16H16ClNO. The quantitative estimate of drug-likeness (QED) is 0.875. The minimum Gasteiger partial charge on any atom is -0.325 e. The minimum absolute atomic E-state index is 0.0237. The molecule has 3 heteroatoms. The number of carbonyl (C=O) groups is 1. The lowest BCUT2D eigenvalue weighted by Gasteiger charge is -2.12. The molecule has 0 fully saturated rings. The first-order chi connectivity index (χ1) is 9.16. The molecule has 0 bridgehead atoms. The lowest BCUT2D eigenvalue weighted by Crippen LogP contribution is -2.14. The van der Waals surface area contributed by atoms with Gasteiger partial charge in [0.25, 0.3) is 0 Å². The molecule has 0 saturated heterocycles. The Balaban J connectivity index is 1.97. The molecular weight excluding hydrogens is 258 g/mol. The molecule has 0 unspecified atom stereocenters. The van der Waals surface area contributed by atoms with E-state index >= 15 is 0 Å². The van der Waals surface area contributed by atoms with Gasteiger partial charge in [-0.3, -0.25) is 4.79 Å². The van der Waals surface area contributed by atoms with E-state index in [4.69, 9.17) is 11.6 Å². The zero-order valence-corrected chi connectivity index (χ0v) is 11.5. The monoisotopic (exact) mass is 273 g/mol. The van der Waals surface area contributed by atoms with Crippen molar-refractivity contribution in [2.75, 3.05) is 5.32 Å². The average Bonchev–Trinajstić information content (AvgIpc) is 2.42. The summed E-state index contributed by atoms with van der Waals surface area (Å²) >= 11 is 6.01. The smallest absolute Gasteiger partial charge is 0.225 e. The Morgan fingerprint density at radius 2 is 1.74 bits per heavy atom. The lowest BCUT2D eigenvalue weighted by atomic mass is 9.97. The van der Waals surface area contributed by atoms with E-state index in [9.17, 15) is 4.79 Å². The summed E-state index contributed by atoms with van der Waals surface area (Å²) in [5, 5.41) is 3.40. The number of halogens is 1. The van der Waals surface area contributed by atoms with Crippen molar-refractivity contribution in [1.29, 1.82) is 0 Å². The van der Waals surface area contributed by atoms with Crippen LogP contribution < -0.4 is 5.32 Å². The first-order valence-electron chi connectivity index (χ1n) is 6.26. The molecule has 0 aromatic heterocycles. The summed E-state index contributed by atoms with van der Waals surface area (Å²) in [5.74, 6) is 0.160. The zero-order chi connectivity index (χ0) is 13.7. The number of para-hydroxylation sites is 1. The molecule has 2 aromatic carbocycles. The Bertz CT molecular complexity index is 554. The van der Waals surface area contributed by atoms with Gasteiger partial charge in [-0.05, 0) is 23.6 Å². The standard InChI is InChI=1S/C16H16ClNO/c1-12(13-7-3-2-4-8-13)11-16(19)18-15-10-6-5-9-14(15)17/h2-10,12H,11H2,1H3,(H,18,19)/t12-/m1/s1. The van der Waals surface area contributed by atoms with Crippen molar-refractivity contribution in [3.8, 4) is 0 Å². The van der Waals surface area contributed by atoms with Crippen molar-refractivity contribution in [3.63, 3.8) is 0 Å². The summed E-state index contributed by atoms with van der Waals surface area (Å²) in [7, 11) is 0. The fourth-order valence-electron chi connectivity index (χ4n) is 1.94. The molecule has 2 rings (SSSR count). The van der Waals surface area contributed by atoms with Crippen LogP contribution in [-0.2, 0) is 4.79 Å². The largest absolute Gasteiger partial charge is 0.325 e. The SMILES string of the molecule is C[C@H](CC(=O)Nc1ccccc1Cl)c1ccccc1. The summed E-state index contributed by atoms with van der Waals surface area (Å²) in [6.45, 7) is 2.04. The third-order valence-corrected chi connectivity index (χ3v) is 3.34. The second-order valence-electron chi connectivity index (χ2n) is 4.54. The van der Waals surface area contributed by atoms with Crippen LogP contribution in [0.15, 0.2) is 54.6 Å². The van der Waals surface area contributed by atoms with Gasteiger partial charge in [0.2, 0.25) is 5.91 Å². The van der Waals surface area contributed by atoms with Gasteiger partial charge >= 0.3 is 0 Å². The number of benzene rings is 2. The van der Waals surface area contributed by atoms with Crippen LogP contribution in [0, 0.1) is 0 Å². The number of carbonyl (C=O) groups excluding carboxylic acids is 1. The van der Waals surface area contributed by atoms with Gasteiger partial charge in [-0.2, -0.15) is 0 Å². The highest BCUT2D eigenvalue weighted by atomic mass is 35.5. The highest BCUT2D eigenvalue weighted by Crippen LogP contribution is 2.23. The van der Waals surface area contributed by atoms with Gasteiger partial charge in [0.05, 0.1) is 10.7 Å². The molecule has 0 saturated carbocycles. The van der Waals surface area contributed by atoms with Crippen LogP contribution in [0.25, 0.3) is 0 Å². The van der Waals surface area contributed by atoms with Gasteiger partial charge in [0.1, 0.15) is 0 Å². The summed E-state index contributed by atoms with van der Waals surface area (Å²) in [6.07, 6.45) is 0.440. The molecule has 0 aliphatic carbocycles. The first-order valence-corrected chi connectivity index (χ1v) is 6.64. The third kappa shape index (κ3) is 3.83. The van der Waals surface area contributed by atoms with E-state index in [-0.39, 0.29) is 11.8 Å². The Morgan fingerprint density at radius 3 is 2.42 bits per heavy atom. The van der Waals surface area contributed by atoms with E-state index in [0.717, 1.165) is 5.56 Å². The Labute approximate surface area is 118 Å². The van der Waals surface area contributed by atoms with Crippen molar-refractivity contribution >= 4 is 23.2 Å². The van der Waals surface area contributed by atoms with Crippen LogP contribution in [0.4, 0.5) is 5.69 Å². The predicted molar refractivity (Wildman–Crippen MR) is 79.6 cm³/mol. The number of hydrogen-bond acceptors (Lipinski definition) is 1. The molecule has 0 aliphatic rings. The molecule has 1 N–H and O–H groups in total. The minimum atomic E-state index is -0.0237. The van der Waals surface area contributed by atoms with E-state index in [1.807, 2.05) is 49.4 Å². The van der Waals surface area contributed by atoms with Crippen LogP contribution in [-0.4, -0.2) is 5.91 Å². The molecule has 98 valence electrons. The zero-order valence-electron chi connectivity index (χ0n) is 10.8. The van der Waals surface area contributed by atoms with E-state index in [2.05, 4.69) is 5.32 Å². The fraction of sp³-hybridized carbons (Fsp3) is 0.188. The van der Waals surface area contributed by atoms with Gasteiger partial charge in [-0.1, -0.05) is 61.0 Å². The Hall–Kier alpha value is -1.80. The molecule has 1 atom stereocenters. The Kier molecular flexibility index (Phi) is 4.58. The van der Waals surface area contributed by atoms with Crippen molar-refractivity contribution in [2.24, 2.45) is 0 Å². The number of rotatable bonds is 4. The maximum Gasteiger partial charge on any atom is 0.225 e.